The lowest BCUT2D eigenvalue weighted by atomic mass is 10.0. The first-order valence-corrected chi connectivity index (χ1v) is 7.62. The van der Waals surface area contributed by atoms with E-state index in [0.29, 0.717) is 5.56 Å². The summed E-state index contributed by atoms with van der Waals surface area (Å²) in [7, 11) is 0. The van der Waals surface area contributed by atoms with Crippen molar-refractivity contribution in [1.29, 1.82) is 5.26 Å². The van der Waals surface area contributed by atoms with Crippen molar-refractivity contribution in [1.82, 2.24) is 10.6 Å². The van der Waals surface area contributed by atoms with Gasteiger partial charge in [0.15, 0.2) is 5.76 Å². The van der Waals surface area contributed by atoms with E-state index in [4.69, 9.17) is 9.68 Å². The first-order chi connectivity index (χ1) is 11.5. The van der Waals surface area contributed by atoms with Crippen LogP contribution in [0.3, 0.4) is 0 Å². The molecule has 1 atom stereocenters. The standard InChI is InChI=1S/C18H19N3O3/c1-12(2)16(21-17(22)15-7-4-8-24-15)18(23)20-11-14-6-3-5-13(9-14)10-19/h3-9,12,16H,11H2,1-2H3,(H,20,23)(H,21,22). The molecule has 0 spiro atoms. The van der Waals surface area contributed by atoms with Gasteiger partial charge in [0.2, 0.25) is 5.91 Å². The lowest BCUT2D eigenvalue weighted by molar-refractivity contribution is -0.124. The second-order valence-corrected chi connectivity index (χ2v) is 5.70. The van der Waals surface area contributed by atoms with Crippen molar-refractivity contribution in [2.45, 2.75) is 26.4 Å². The van der Waals surface area contributed by atoms with Crippen LogP contribution in [-0.2, 0) is 11.3 Å². The third kappa shape index (κ3) is 4.46. The Hall–Kier alpha value is -3.07. The van der Waals surface area contributed by atoms with Crippen molar-refractivity contribution < 1.29 is 14.0 Å². The molecule has 1 aromatic heterocycles. The Kier molecular flexibility index (Phi) is 5.74. The Morgan fingerprint density at radius 3 is 2.67 bits per heavy atom. The van der Waals surface area contributed by atoms with Gasteiger partial charge in [-0.25, -0.2) is 0 Å². The largest absolute Gasteiger partial charge is 0.459 e. The Balaban J connectivity index is 1.98. The maximum Gasteiger partial charge on any atom is 0.287 e. The fourth-order valence-corrected chi connectivity index (χ4v) is 2.21. The molecule has 2 rings (SSSR count). The van der Waals surface area contributed by atoms with Crippen LogP contribution in [0.25, 0.3) is 0 Å². The number of nitrogens with one attached hydrogen (secondary N) is 2. The molecule has 1 unspecified atom stereocenters. The first kappa shape index (κ1) is 17.3. The molecule has 124 valence electrons. The molecule has 24 heavy (non-hydrogen) atoms. The van der Waals surface area contributed by atoms with Gasteiger partial charge in [-0.1, -0.05) is 26.0 Å². The summed E-state index contributed by atoms with van der Waals surface area (Å²) in [6.07, 6.45) is 1.40. The maximum atomic E-state index is 12.4. The lowest BCUT2D eigenvalue weighted by Gasteiger charge is -2.21. The van der Waals surface area contributed by atoms with E-state index >= 15 is 0 Å². The van der Waals surface area contributed by atoms with Crippen LogP contribution in [0.5, 0.6) is 0 Å². The number of nitriles is 1. The number of hydrogen-bond donors (Lipinski definition) is 2. The van der Waals surface area contributed by atoms with Crippen molar-refractivity contribution in [2.24, 2.45) is 5.92 Å². The summed E-state index contributed by atoms with van der Waals surface area (Å²) in [5, 5.41) is 14.4. The minimum absolute atomic E-state index is 0.0886. The van der Waals surface area contributed by atoms with Crippen molar-refractivity contribution in [2.75, 3.05) is 0 Å². The van der Waals surface area contributed by atoms with Crippen LogP contribution in [0.2, 0.25) is 0 Å². The molecule has 1 heterocycles. The second-order valence-electron chi connectivity index (χ2n) is 5.70. The smallest absolute Gasteiger partial charge is 0.287 e. The number of carbonyl (C=O) groups excluding carboxylic acids is 2. The predicted octanol–water partition coefficient (Wildman–Crippen LogP) is 2.22. The average Bonchev–Trinajstić information content (AvgIpc) is 3.12. The van der Waals surface area contributed by atoms with Crippen LogP contribution in [-0.4, -0.2) is 17.9 Å². The number of furan rings is 1. The number of amides is 2. The molecule has 2 N–H and O–H groups in total. The van der Waals surface area contributed by atoms with Gasteiger partial charge in [-0.2, -0.15) is 5.26 Å². The summed E-state index contributed by atoms with van der Waals surface area (Å²) in [6.45, 7) is 3.99. The number of carbonyl (C=O) groups is 2. The maximum absolute atomic E-state index is 12.4. The molecule has 0 aliphatic heterocycles. The molecule has 6 heteroatoms. The monoisotopic (exact) mass is 325 g/mol. The third-order valence-corrected chi connectivity index (χ3v) is 3.50. The van der Waals surface area contributed by atoms with Crippen molar-refractivity contribution in [3.05, 3.63) is 59.5 Å². The van der Waals surface area contributed by atoms with Crippen molar-refractivity contribution in [3.8, 4) is 6.07 Å². The Morgan fingerprint density at radius 2 is 2.04 bits per heavy atom. The SMILES string of the molecule is CC(C)C(NC(=O)c1ccco1)C(=O)NCc1cccc(C#N)c1. The molecule has 0 bridgehead atoms. The minimum atomic E-state index is -0.679. The molecule has 0 radical (unpaired) electrons. The topological polar surface area (TPSA) is 95.1 Å². The first-order valence-electron chi connectivity index (χ1n) is 7.62. The fourth-order valence-electron chi connectivity index (χ4n) is 2.21. The molecule has 0 aliphatic carbocycles. The predicted molar refractivity (Wildman–Crippen MR) is 87.8 cm³/mol. The molecule has 0 fully saturated rings. The van der Waals surface area contributed by atoms with Gasteiger partial charge < -0.3 is 15.1 Å². The van der Waals surface area contributed by atoms with Crippen LogP contribution >= 0.6 is 0 Å². The molecule has 2 aromatic rings. The van der Waals surface area contributed by atoms with Gasteiger partial charge in [-0.3, -0.25) is 9.59 Å². The third-order valence-electron chi connectivity index (χ3n) is 3.50. The van der Waals surface area contributed by atoms with Gasteiger partial charge in [0.1, 0.15) is 6.04 Å². The summed E-state index contributed by atoms with van der Waals surface area (Å²) in [5.74, 6) is -0.642. The van der Waals surface area contributed by atoms with Crippen LogP contribution in [0.1, 0.15) is 35.5 Å². The molecular formula is C18H19N3O3. The van der Waals surface area contributed by atoms with Gasteiger partial charge >= 0.3 is 0 Å². The zero-order valence-electron chi connectivity index (χ0n) is 13.6. The second kappa shape index (κ2) is 7.97. The van der Waals surface area contributed by atoms with E-state index in [1.54, 1.807) is 24.3 Å². The molecule has 0 aliphatic rings. The van der Waals surface area contributed by atoms with Gasteiger partial charge in [0.25, 0.3) is 5.91 Å². The number of rotatable bonds is 6. The summed E-state index contributed by atoms with van der Waals surface area (Å²) in [4.78, 5) is 24.5. The Morgan fingerprint density at radius 1 is 1.25 bits per heavy atom. The quantitative estimate of drug-likeness (QED) is 0.851. The van der Waals surface area contributed by atoms with E-state index in [9.17, 15) is 9.59 Å². The van der Waals surface area contributed by atoms with Crippen molar-refractivity contribution in [3.63, 3.8) is 0 Å². The number of hydrogen-bond acceptors (Lipinski definition) is 4. The highest BCUT2D eigenvalue weighted by atomic mass is 16.3. The van der Waals surface area contributed by atoms with Gasteiger partial charge in [0.05, 0.1) is 17.9 Å². The Bertz CT molecular complexity index is 745. The Labute approximate surface area is 140 Å². The normalized spacial score (nSPS) is 11.6. The van der Waals surface area contributed by atoms with E-state index in [-0.39, 0.29) is 24.1 Å². The van der Waals surface area contributed by atoms with E-state index in [2.05, 4.69) is 16.7 Å². The minimum Gasteiger partial charge on any atom is -0.459 e. The molecular weight excluding hydrogens is 306 g/mol. The summed E-state index contributed by atoms with van der Waals surface area (Å²) in [5.41, 5.74) is 1.36. The van der Waals surface area contributed by atoms with E-state index < -0.39 is 11.9 Å². The van der Waals surface area contributed by atoms with Crippen LogP contribution < -0.4 is 10.6 Å². The molecule has 0 saturated carbocycles. The van der Waals surface area contributed by atoms with Crippen molar-refractivity contribution >= 4 is 11.8 Å². The van der Waals surface area contributed by atoms with E-state index in [0.717, 1.165) is 5.56 Å². The summed E-state index contributed by atoms with van der Waals surface area (Å²) < 4.78 is 5.04. The number of nitrogens with zero attached hydrogens (tertiary/aromatic N) is 1. The van der Waals surface area contributed by atoms with Gasteiger partial charge in [0, 0.05) is 6.54 Å². The summed E-state index contributed by atoms with van der Waals surface area (Å²) in [6, 6.07) is 11.5. The molecule has 1 aromatic carbocycles. The summed E-state index contributed by atoms with van der Waals surface area (Å²) >= 11 is 0. The van der Waals surface area contributed by atoms with E-state index in [1.165, 1.54) is 12.3 Å². The zero-order chi connectivity index (χ0) is 17.5. The van der Waals surface area contributed by atoms with Crippen LogP contribution in [0.4, 0.5) is 0 Å². The van der Waals surface area contributed by atoms with Gasteiger partial charge in [-0.15, -0.1) is 0 Å². The zero-order valence-corrected chi connectivity index (χ0v) is 13.6. The lowest BCUT2D eigenvalue weighted by Crippen LogP contribution is -2.49. The average molecular weight is 325 g/mol. The highest BCUT2D eigenvalue weighted by Crippen LogP contribution is 2.07. The van der Waals surface area contributed by atoms with Crippen LogP contribution in [0.15, 0.2) is 47.1 Å². The fraction of sp³-hybridized carbons (Fsp3) is 0.278. The van der Waals surface area contributed by atoms with Gasteiger partial charge in [-0.05, 0) is 35.7 Å². The highest BCUT2D eigenvalue weighted by molar-refractivity contribution is 5.95. The highest BCUT2D eigenvalue weighted by Gasteiger charge is 2.25. The molecule has 0 saturated heterocycles. The number of benzene rings is 1. The van der Waals surface area contributed by atoms with Crippen LogP contribution in [0, 0.1) is 17.2 Å². The van der Waals surface area contributed by atoms with E-state index in [1.807, 2.05) is 19.9 Å². The molecule has 2 amide bonds. The molecule has 6 nitrogen and oxygen atoms in total.